The van der Waals surface area contributed by atoms with Crippen LogP contribution in [0.1, 0.15) is 27.9 Å². The van der Waals surface area contributed by atoms with Gasteiger partial charge >= 0.3 is 0 Å². The van der Waals surface area contributed by atoms with Gasteiger partial charge in [0.2, 0.25) is 5.43 Å². The Morgan fingerprint density at radius 1 is 1.20 bits per heavy atom. The van der Waals surface area contributed by atoms with Crippen LogP contribution in [0.5, 0.6) is 0 Å². The van der Waals surface area contributed by atoms with Gasteiger partial charge in [0.15, 0.2) is 0 Å². The van der Waals surface area contributed by atoms with Crippen LogP contribution in [0.2, 0.25) is 5.02 Å². The molecule has 0 aliphatic carbocycles. The Morgan fingerprint density at radius 3 is 2.84 bits per heavy atom. The minimum absolute atomic E-state index is 0.158. The molecule has 0 saturated heterocycles. The van der Waals surface area contributed by atoms with Crippen molar-refractivity contribution in [1.82, 2.24) is 4.57 Å². The number of pyridine rings is 1. The normalized spacial score (nSPS) is 13.0. The number of anilines is 1. The largest absolute Gasteiger partial charge is 0.346 e. The maximum absolute atomic E-state index is 12.9. The van der Waals surface area contributed by atoms with E-state index in [9.17, 15) is 9.59 Å². The molecule has 1 aliphatic rings. The van der Waals surface area contributed by atoms with E-state index in [0.717, 1.165) is 30.5 Å². The summed E-state index contributed by atoms with van der Waals surface area (Å²) in [6, 6.07) is 11.0. The highest BCUT2D eigenvalue weighted by molar-refractivity contribution is 6.31. The topological polar surface area (TPSA) is 51.1 Å². The van der Waals surface area contributed by atoms with E-state index in [1.807, 2.05) is 23.6 Å². The van der Waals surface area contributed by atoms with Crippen LogP contribution in [0.4, 0.5) is 5.69 Å². The molecule has 0 unspecified atom stereocenters. The fourth-order valence-electron chi connectivity index (χ4n) is 3.45. The van der Waals surface area contributed by atoms with Crippen LogP contribution in [0.3, 0.4) is 0 Å². The van der Waals surface area contributed by atoms with E-state index < -0.39 is 5.91 Å². The molecule has 2 aromatic carbocycles. The molecule has 0 spiro atoms. The third-order valence-corrected chi connectivity index (χ3v) is 5.20. The van der Waals surface area contributed by atoms with Gasteiger partial charge in [-0.15, -0.1) is 0 Å². The Kier molecular flexibility index (Phi) is 3.85. The number of hydrogen-bond donors (Lipinski definition) is 1. The molecule has 4 rings (SSSR count). The van der Waals surface area contributed by atoms with Crippen molar-refractivity contribution < 1.29 is 4.79 Å². The molecule has 2 heterocycles. The number of halogens is 1. The summed E-state index contributed by atoms with van der Waals surface area (Å²) in [6.45, 7) is 2.64. The Balaban J connectivity index is 1.82. The van der Waals surface area contributed by atoms with Crippen LogP contribution in [0.25, 0.3) is 10.9 Å². The van der Waals surface area contributed by atoms with E-state index in [4.69, 9.17) is 11.6 Å². The van der Waals surface area contributed by atoms with Crippen molar-refractivity contribution in [2.45, 2.75) is 26.3 Å². The zero-order chi connectivity index (χ0) is 17.6. The third kappa shape index (κ3) is 2.63. The van der Waals surface area contributed by atoms with Crippen molar-refractivity contribution in [2.75, 3.05) is 5.32 Å². The molecule has 0 radical (unpaired) electrons. The van der Waals surface area contributed by atoms with Crippen LogP contribution in [-0.2, 0) is 13.0 Å². The summed E-state index contributed by atoms with van der Waals surface area (Å²) < 4.78 is 2.02. The predicted molar refractivity (Wildman–Crippen MR) is 101 cm³/mol. The van der Waals surface area contributed by atoms with Gasteiger partial charge in [0.25, 0.3) is 5.91 Å². The van der Waals surface area contributed by atoms with Crippen LogP contribution < -0.4 is 10.7 Å². The molecule has 126 valence electrons. The van der Waals surface area contributed by atoms with Gasteiger partial charge in [-0.05, 0) is 49.1 Å². The molecule has 5 heteroatoms. The lowest BCUT2D eigenvalue weighted by molar-refractivity contribution is 0.102. The minimum Gasteiger partial charge on any atom is -0.346 e. The van der Waals surface area contributed by atoms with Gasteiger partial charge < -0.3 is 9.88 Å². The van der Waals surface area contributed by atoms with E-state index in [1.165, 1.54) is 5.56 Å². The molecule has 1 aromatic heterocycles. The number of aryl methyl sites for hydroxylation is 2. The maximum Gasteiger partial charge on any atom is 0.261 e. The van der Waals surface area contributed by atoms with Crippen LogP contribution in [0.15, 0.2) is 47.4 Å². The van der Waals surface area contributed by atoms with Gasteiger partial charge in [0.05, 0.1) is 5.52 Å². The van der Waals surface area contributed by atoms with E-state index in [-0.39, 0.29) is 11.0 Å². The van der Waals surface area contributed by atoms with Crippen molar-refractivity contribution in [2.24, 2.45) is 0 Å². The van der Waals surface area contributed by atoms with E-state index in [1.54, 1.807) is 30.5 Å². The van der Waals surface area contributed by atoms with Gasteiger partial charge in [-0.2, -0.15) is 0 Å². The first kappa shape index (κ1) is 15.9. The number of amides is 1. The second-order valence-corrected chi connectivity index (χ2v) is 6.76. The van der Waals surface area contributed by atoms with Crippen molar-refractivity contribution in [1.29, 1.82) is 0 Å². The fourth-order valence-corrected chi connectivity index (χ4v) is 3.62. The minimum atomic E-state index is -0.406. The van der Waals surface area contributed by atoms with E-state index in [2.05, 4.69) is 5.32 Å². The summed E-state index contributed by atoms with van der Waals surface area (Å²) in [5.41, 5.74) is 3.44. The lowest BCUT2D eigenvalue weighted by Crippen LogP contribution is -2.25. The summed E-state index contributed by atoms with van der Waals surface area (Å²) in [7, 11) is 0. The summed E-state index contributed by atoms with van der Waals surface area (Å²) in [5.74, 6) is -0.406. The lowest BCUT2D eigenvalue weighted by Gasteiger charge is -2.20. The quantitative estimate of drug-likeness (QED) is 0.752. The van der Waals surface area contributed by atoms with Gasteiger partial charge in [0.1, 0.15) is 5.56 Å². The number of para-hydroxylation sites is 1. The number of aromatic nitrogens is 1. The van der Waals surface area contributed by atoms with Crippen LogP contribution >= 0.6 is 11.6 Å². The third-order valence-electron chi connectivity index (χ3n) is 4.79. The lowest BCUT2D eigenvalue weighted by atomic mass is 9.99. The van der Waals surface area contributed by atoms with E-state index >= 15 is 0 Å². The van der Waals surface area contributed by atoms with Crippen LogP contribution in [0, 0.1) is 6.92 Å². The molecule has 0 bridgehead atoms. The summed E-state index contributed by atoms with van der Waals surface area (Å²) in [4.78, 5) is 25.6. The highest BCUT2D eigenvalue weighted by atomic mass is 35.5. The van der Waals surface area contributed by atoms with Crippen molar-refractivity contribution in [3.8, 4) is 0 Å². The van der Waals surface area contributed by atoms with Gasteiger partial charge in [-0.25, -0.2) is 0 Å². The molecule has 0 saturated carbocycles. The first-order valence-corrected chi connectivity index (χ1v) is 8.65. The number of carbonyl (C=O) groups is 1. The molecular formula is C20H17ClN2O2. The van der Waals surface area contributed by atoms with E-state index in [0.29, 0.717) is 16.1 Å². The summed E-state index contributed by atoms with van der Waals surface area (Å²) >= 11 is 6.11. The monoisotopic (exact) mass is 352 g/mol. The number of hydrogen-bond acceptors (Lipinski definition) is 2. The highest BCUT2D eigenvalue weighted by Crippen LogP contribution is 2.25. The van der Waals surface area contributed by atoms with Crippen molar-refractivity contribution in [3.05, 3.63) is 74.5 Å². The maximum atomic E-state index is 12.9. The van der Waals surface area contributed by atoms with Gasteiger partial charge in [-0.1, -0.05) is 29.8 Å². The first-order chi connectivity index (χ1) is 12.1. The Bertz CT molecular complexity index is 1070. The molecule has 4 nitrogen and oxygen atoms in total. The fraction of sp³-hybridized carbons (Fsp3) is 0.200. The van der Waals surface area contributed by atoms with Crippen molar-refractivity contribution in [3.63, 3.8) is 0 Å². The number of nitrogens with zero attached hydrogens (tertiary/aromatic N) is 1. The highest BCUT2D eigenvalue weighted by Gasteiger charge is 2.19. The summed E-state index contributed by atoms with van der Waals surface area (Å²) in [6.07, 6.45) is 3.65. The first-order valence-electron chi connectivity index (χ1n) is 8.28. The standard InChI is InChI=1S/C20H17ClN2O2/c1-12-16(21)8-3-9-17(12)22-20(25)15-11-23-10-4-6-13-5-2-7-14(18(13)23)19(15)24/h2-3,5,7-9,11H,4,6,10H2,1H3,(H,22,25). The average Bonchev–Trinajstić information content (AvgIpc) is 2.62. The Hall–Kier alpha value is -2.59. The molecule has 1 amide bonds. The number of rotatable bonds is 2. The number of nitrogens with one attached hydrogen (secondary N) is 1. The van der Waals surface area contributed by atoms with Crippen LogP contribution in [-0.4, -0.2) is 10.5 Å². The molecular weight excluding hydrogens is 336 g/mol. The average molecular weight is 353 g/mol. The molecule has 0 atom stereocenters. The molecule has 0 fully saturated rings. The number of carbonyl (C=O) groups excluding carboxylic acids is 1. The Labute approximate surface area is 150 Å². The van der Waals surface area contributed by atoms with Crippen molar-refractivity contribution >= 4 is 34.1 Å². The predicted octanol–water partition coefficient (Wildman–Crippen LogP) is 4.16. The van der Waals surface area contributed by atoms with Gasteiger partial charge in [0, 0.05) is 28.8 Å². The molecule has 3 aromatic rings. The molecule has 25 heavy (non-hydrogen) atoms. The molecule has 1 aliphatic heterocycles. The molecule has 1 N–H and O–H groups in total. The Morgan fingerprint density at radius 2 is 2.00 bits per heavy atom. The smallest absolute Gasteiger partial charge is 0.261 e. The zero-order valence-electron chi connectivity index (χ0n) is 13.8. The van der Waals surface area contributed by atoms with Gasteiger partial charge in [-0.3, -0.25) is 9.59 Å². The number of benzene rings is 2. The zero-order valence-corrected chi connectivity index (χ0v) is 14.6. The second-order valence-electron chi connectivity index (χ2n) is 6.35. The second kappa shape index (κ2) is 6.05. The SMILES string of the molecule is Cc1c(Cl)cccc1NC(=O)c1cn2c3c(cccc3c1=O)CCC2. The summed E-state index contributed by atoms with van der Waals surface area (Å²) in [5, 5.41) is 4.00.